The maximum absolute atomic E-state index is 12.4. The topological polar surface area (TPSA) is 38.8 Å². The van der Waals surface area contributed by atoms with Gasteiger partial charge in [0.25, 0.3) is 5.91 Å². The van der Waals surface area contributed by atoms with E-state index in [9.17, 15) is 4.79 Å². The summed E-state index contributed by atoms with van der Waals surface area (Å²) >= 11 is 1.68. The zero-order valence-electron chi connectivity index (χ0n) is 12.9. The molecule has 0 aliphatic carbocycles. The van der Waals surface area contributed by atoms with Crippen LogP contribution in [0.15, 0.2) is 17.5 Å². The second-order valence-corrected chi connectivity index (χ2v) is 6.43. The molecule has 1 amide bonds. The Labute approximate surface area is 131 Å². The van der Waals surface area contributed by atoms with Crippen molar-refractivity contribution in [3.63, 3.8) is 0 Å². The first-order valence-electron chi connectivity index (χ1n) is 7.75. The molecule has 2 unspecified atom stereocenters. The van der Waals surface area contributed by atoms with Gasteiger partial charge < -0.3 is 14.4 Å². The molecule has 0 bridgehead atoms. The molecule has 2 heterocycles. The largest absolute Gasteiger partial charge is 0.376 e. The molecule has 0 saturated carbocycles. The van der Waals surface area contributed by atoms with Crippen molar-refractivity contribution in [2.24, 2.45) is 0 Å². The number of carbonyl (C=O) groups excluding carboxylic acids is 1. The second-order valence-electron chi connectivity index (χ2n) is 5.40. The molecule has 0 N–H and O–H groups in total. The highest BCUT2D eigenvalue weighted by molar-refractivity contribution is 7.09. The molecule has 1 fully saturated rings. The lowest BCUT2D eigenvalue weighted by molar-refractivity contribution is -0.146. The highest BCUT2D eigenvalue weighted by atomic mass is 32.1. The summed E-state index contributed by atoms with van der Waals surface area (Å²) in [4.78, 5) is 15.5. The molecule has 1 aliphatic heterocycles. The molecule has 2 atom stereocenters. The van der Waals surface area contributed by atoms with Crippen LogP contribution in [0.2, 0.25) is 0 Å². The Hall–Kier alpha value is -0.910. The monoisotopic (exact) mass is 311 g/mol. The van der Waals surface area contributed by atoms with E-state index in [4.69, 9.17) is 9.47 Å². The number of hydrogen-bond donors (Lipinski definition) is 0. The van der Waals surface area contributed by atoms with Crippen LogP contribution in [0.5, 0.6) is 0 Å². The summed E-state index contributed by atoms with van der Waals surface area (Å²) < 4.78 is 11.4. The maximum atomic E-state index is 12.4. The van der Waals surface area contributed by atoms with Crippen molar-refractivity contribution >= 4 is 17.2 Å². The van der Waals surface area contributed by atoms with E-state index in [0.717, 1.165) is 19.4 Å². The number of likely N-dealkylation sites (N-methyl/N-ethyl adjacent to an activating group) is 1. The molecule has 0 radical (unpaired) electrons. The number of nitrogens with zero attached hydrogens (tertiary/aromatic N) is 1. The Kier molecular flexibility index (Phi) is 6.67. The Morgan fingerprint density at radius 1 is 1.57 bits per heavy atom. The van der Waals surface area contributed by atoms with Crippen LogP contribution in [0.4, 0.5) is 0 Å². The van der Waals surface area contributed by atoms with Gasteiger partial charge in [-0.1, -0.05) is 6.07 Å². The van der Waals surface area contributed by atoms with Crippen LogP contribution in [0.3, 0.4) is 0 Å². The van der Waals surface area contributed by atoms with Crippen molar-refractivity contribution in [2.75, 3.05) is 19.8 Å². The summed E-state index contributed by atoms with van der Waals surface area (Å²) in [6, 6.07) is 4.07. The molecule has 4 nitrogen and oxygen atoms in total. The molecule has 1 saturated heterocycles. The molecule has 1 aliphatic rings. The van der Waals surface area contributed by atoms with Crippen molar-refractivity contribution < 1.29 is 14.3 Å². The minimum atomic E-state index is -0.407. The first kappa shape index (κ1) is 16.5. The molecular weight excluding hydrogens is 286 g/mol. The van der Waals surface area contributed by atoms with Gasteiger partial charge in [-0.2, -0.15) is 0 Å². The Balaban J connectivity index is 1.78. The van der Waals surface area contributed by atoms with E-state index >= 15 is 0 Å². The van der Waals surface area contributed by atoms with Crippen molar-refractivity contribution in [3.05, 3.63) is 22.4 Å². The maximum Gasteiger partial charge on any atom is 0.251 e. The van der Waals surface area contributed by atoms with Crippen LogP contribution < -0.4 is 0 Å². The fourth-order valence-electron chi connectivity index (χ4n) is 2.46. The molecule has 5 heteroatoms. The van der Waals surface area contributed by atoms with Crippen molar-refractivity contribution in [1.29, 1.82) is 0 Å². The van der Waals surface area contributed by atoms with E-state index < -0.39 is 6.10 Å². The summed E-state index contributed by atoms with van der Waals surface area (Å²) in [7, 11) is 0. The molecule has 0 spiro atoms. The van der Waals surface area contributed by atoms with Gasteiger partial charge in [0.05, 0.1) is 19.3 Å². The van der Waals surface area contributed by atoms with Crippen LogP contribution in [0.1, 0.15) is 38.0 Å². The number of amides is 1. The summed E-state index contributed by atoms with van der Waals surface area (Å²) in [5.41, 5.74) is 0. The fourth-order valence-corrected chi connectivity index (χ4v) is 3.17. The van der Waals surface area contributed by atoms with Crippen molar-refractivity contribution in [2.45, 2.75) is 51.9 Å². The highest BCUT2D eigenvalue weighted by Gasteiger charge is 2.22. The fraction of sp³-hybridized carbons (Fsp3) is 0.688. The van der Waals surface area contributed by atoms with Crippen LogP contribution in [-0.2, 0) is 20.8 Å². The number of ether oxygens (including phenoxy) is 2. The van der Waals surface area contributed by atoms with Gasteiger partial charge in [0.1, 0.15) is 6.10 Å². The van der Waals surface area contributed by atoms with Gasteiger partial charge in [-0.3, -0.25) is 4.79 Å². The van der Waals surface area contributed by atoms with Gasteiger partial charge in [-0.15, -0.1) is 11.3 Å². The van der Waals surface area contributed by atoms with Gasteiger partial charge >= 0.3 is 0 Å². The number of rotatable bonds is 7. The smallest absolute Gasteiger partial charge is 0.251 e. The lowest BCUT2D eigenvalue weighted by Crippen LogP contribution is -2.39. The first-order valence-corrected chi connectivity index (χ1v) is 8.63. The van der Waals surface area contributed by atoms with Crippen LogP contribution in [0, 0.1) is 0 Å². The first-order chi connectivity index (χ1) is 10.2. The van der Waals surface area contributed by atoms with E-state index in [0.29, 0.717) is 19.7 Å². The average molecular weight is 311 g/mol. The third-order valence-corrected chi connectivity index (χ3v) is 4.64. The zero-order chi connectivity index (χ0) is 15.1. The third-order valence-electron chi connectivity index (χ3n) is 3.77. The van der Waals surface area contributed by atoms with Crippen molar-refractivity contribution in [3.8, 4) is 0 Å². The molecule has 0 aromatic carbocycles. The molecular formula is C16H25NO3S. The molecule has 1 aromatic heterocycles. The SMILES string of the molecule is CCN(Cc1cccs1)C(=O)C(C)OCC1CCCCO1. The van der Waals surface area contributed by atoms with Crippen LogP contribution >= 0.6 is 11.3 Å². The van der Waals surface area contributed by atoms with Crippen molar-refractivity contribution in [1.82, 2.24) is 4.90 Å². The molecule has 1 aromatic rings. The number of hydrogen-bond acceptors (Lipinski definition) is 4. The predicted molar refractivity (Wildman–Crippen MR) is 84.4 cm³/mol. The van der Waals surface area contributed by atoms with E-state index in [2.05, 4.69) is 6.07 Å². The molecule has 2 rings (SSSR count). The quantitative estimate of drug-likeness (QED) is 0.777. The summed E-state index contributed by atoms with van der Waals surface area (Å²) in [5, 5.41) is 2.04. The lowest BCUT2D eigenvalue weighted by Gasteiger charge is -2.27. The van der Waals surface area contributed by atoms with E-state index in [1.807, 2.05) is 30.2 Å². The average Bonchev–Trinajstić information content (AvgIpc) is 3.03. The third kappa shape index (κ3) is 5.09. The zero-order valence-corrected chi connectivity index (χ0v) is 13.7. The lowest BCUT2D eigenvalue weighted by atomic mass is 10.1. The van der Waals surface area contributed by atoms with E-state index in [1.165, 1.54) is 11.3 Å². The molecule has 118 valence electrons. The normalized spacial score (nSPS) is 20.2. The Morgan fingerprint density at radius 2 is 2.43 bits per heavy atom. The standard InChI is InChI=1S/C16H25NO3S/c1-3-17(11-15-8-6-10-21-15)16(18)13(2)20-12-14-7-4-5-9-19-14/h6,8,10,13-14H,3-5,7,9,11-12H2,1-2H3. The highest BCUT2D eigenvalue weighted by Crippen LogP contribution is 2.15. The van der Waals surface area contributed by atoms with Gasteiger partial charge in [-0.05, 0) is 44.6 Å². The summed E-state index contributed by atoms with van der Waals surface area (Å²) in [5.74, 6) is 0.0571. The van der Waals surface area contributed by atoms with Crippen LogP contribution in [0.25, 0.3) is 0 Å². The number of carbonyl (C=O) groups is 1. The predicted octanol–water partition coefficient (Wildman–Crippen LogP) is 3.07. The molecule has 21 heavy (non-hydrogen) atoms. The van der Waals surface area contributed by atoms with E-state index in [1.54, 1.807) is 11.3 Å². The van der Waals surface area contributed by atoms with E-state index in [-0.39, 0.29) is 12.0 Å². The van der Waals surface area contributed by atoms with Crippen LogP contribution in [-0.4, -0.2) is 42.8 Å². The van der Waals surface area contributed by atoms with Gasteiger partial charge in [0.2, 0.25) is 0 Å². The Morgan fingerprint density at radius 3 is 3.05 bits per heavy atom. The van der Waals surface area contributed by atoms with Gasteiger partial charge in [-0.25, -0.2) is 0 Å². The summed E-state index contributed by atoms with van der Waals surface area (Å²) in [6.45, 7) is 6.54. The minimum absolute atomic E-state index is 0.0571. The number of thiophene rings is 1. The second kappa shape index (κ2) is 8.51. The van der Waals surface area contributed by atoms with Gasteiger partial charge in [0, 0.05) is 18.0 Å². The Bertz CT molecular complexity index is 415. The minimum Gasteiger partial charge on any atom is -0.376 e. The van der Waals surface area contributed by atoms with Gasteiger partial charge in [0.15, 0.2) is 0 Å². The summed E-state index contributed by atoms with van der Waals surface area (Å²) in [6.07, 6.45) is 3.11.